The van der Waals surface area contributed by atoms with Crippen LogP contribution in [-0.2, 0) is 16.1 Å². The molecule has 0 radical (unpaired) electrons. The second kappa shape index (κ2) is 9.83. The molecule has 1 amide bonds. The first-order valence-corrected chi connectivity index (χ1v) is 11.9. The zero-order valence-electron chi connectivity index (χ0n) is 17.8. The largest absolute Gasteiger partial charge is 0.376 e. The third-order valence-corrected chi connectivity index (χ3v) is 6.81. The van der Waals surface area contributed by atoms with Gasteiger partial charge in [-0.15, -0.1) is 10.2 Å². The zero-order valence-corrected chi connectivity index (χ0v) is 18.7. The number of carbonyl (C=O) groups excluding carboxylic acids is 1. The average Bonchev–Trinajstić information content (AvgIpc) is 3.39. The van der Waals surface area contributed by atoms with Crippen LogP contribution in [0.2, 0.25) is 0 Å². The number of amides is 1. The normalized spacial score (nSPS) is 19.9. The highest BCUT2D eigenvalue weighted by Crippen LogP contribution is 2.28. The Morgan fingerprint density at radius 2 is 1.97 bits per heavy atom. The van der Waals surface area contributed by atoms with Gasteiger partial charge in [0.25, 0.3) is 0 Å². The third-order valence-electron chi connectivity index (χ3n) is 5.84. The van der Waals surface area contributed by atoms with Crippen molar-refractivity contribution in [2.45, 2.75) is 57.3 Å². The van der Waals surface area contributed by atoms with E-state index in [0.29, 0.717) is 5.75 Å². The van der Waals surface area contributed by atoms with Crippen LogP contribution in [0, 0.1) is 12.8 Å². The van der Waals surface area contributed by atoms with E-state index in [-0.39, 0.29) is 12.0 Å². The van der Waals surface area contributed by atoms with Crippen LogP contribution in [0.5, 0.6) is 0 Å². The summed E-state index contributed by atoms with van der Waals surface area (Å²) in [6, 6.07) is 7.83. The fraction of sp³-hybridized carbons (Fsp3) is 0.591. The summed E-state index contributed by atoms with van der Waals surface area (Å²) in [5.41, 5.74) is 1.99. The lowest BCUT2D eigenvalue weighted by Crippen LogP contribution is -2.35. The quantitative estimate of drug-likeness (QED) is 0.676. The summed E-state index contributed by atoms with van der Waals surface area (Å²) in [5, 5.41) is 12.7. The predicted octanol–water partition coefficient (Wildman–Crippen LogP) is 3.73. The highest BCUT2D eigenvalue weighted by atomic mass is 32.2. The topological polar surface area (TPSA) is 72.3 Å². The van der Waals surface area contributed by atoms with Gasteiger partial charge in [0.05, 0.1) is 18.4 Å². The van der Waals surface area contributed by atoms with Gasteiger partial charge in [0.15, 0.2) is 5.16 Å². The Hall–Kier alpha value is -2.06. The first-order valence-electron chi connectivity index (χ1n) is 10.9. The molecule has 0 bridgehead atoms. The van der Waals surface area contributed by atoms with Crippen molar-refractivity contribution < 1.29 is 9.53 Å². The number of aromatic nitrogens is 3. The molecule has 2 aliphatic rings. The molecular formula is C22H31N5O2S. The molecule has 1 aromatic heterocycles. The maximum absolute atomic E-state index is 12.4. The fourth-order valence-electron chi connectivity index (χ4n) is 3.95. The summed E-state index contributed by atoms with van der Waals surface area (Å²) in [5.74, 6) is 1.94. The van der Waals surface area contributed by atoms with E-state index >= 15 is 0 Å². The number of piperidine rings is 1. The molecule has 30 heavy (non-hydrogen) atoms. The van der Waals surface area contributed by atoms with Gasteiger partial charge in [-0.1, -0.05) is 36.4 Å². The standard InChI is InChI=1S/C22H31N5O2S/c1-16-5-7-18(8-6-16)23-20(28)15-30-22-25-24-21(26-11-9-17(2)10-12-26)27(22)14-19-4-3-13-29-19/h5-8,17,19H,3-4,9-15H2,1-2H3,(H,23,28). The van der Waals surface area contributed by atoms with Gasteiger partial charge in [-0.2, -0.15) is 0 Å². The Labute approximate surface area is 182 Å². The van der Waals surface area contributed by atoms with Gasteiger partial charge in [-0.05, 0) is 50.7 Å². The van der Waals surface area contributed by atoms with E-state index in [2.05, 4.69) is 31.9 Å². The Kier molecular flexibility index (Phi) is 6.94. The lowest BCUT2D eigenvalue weighted by molar-refractivity contribution is -0.113. The van der Waals surface area contributed by atoms with Gasteiger partial charge >= 0.3 is 0 Å². The van der Waals surface area contributed by atoms with E-state index in [1.807, 2.05) is 31.2 Å². The van der Waals surface area contributed by atoms with Crippen molar-refractivity contribution in [3.05, 3.63) is 29.8 Å². The minimum atomic E-state index is -0.0381. The number of benzene rings is 1. The number of nitrogens with one attached hydrogen (secondary N) is 1. The Balaban J connectivity index is 1.43. The summed E-state index contributed by atoms with van der Waals surface area (Å²) in [6.07, 6.45) is 4.71. The number of rotatable bonds is 7. The number of hydrogen-bond donors (Lipinski definition) is 1. The van der Waals surface area contributed by atoms with Crippen molar-refractivity contribution in [2.24, 2.45) is 5.92 Å². The molecule has 1 aromatic carbocycles. The molecule has 2 aliphatic heterocycles. The number of thioether (sulfide) groups is 1. The van der Waals surface area contributed by atoms with Crippen molar-refractivity contribution in [3.8, 4) is 0 Å². The fourth-order valence-corrected chi connectivity index (χ4v) is 4.69. The Morgan fingerprint density at radius 3 is 2.67 bits per heavy atom. The van der Waals surface area contributed by atoms with Gasteiger partial charge in [0, 0.05) is 25.4 Å². The monoisotopic (exact) mass is 429 g/mol. The molecule has 162 valence electrons. The summed E-state index contributed by atoms with van der Waals surface area (Å²) in [7, 11) is 0. The second-order valence-electron chi connectivity index (χ2n) is 8.40. The number of aryl methyl sites for hydroxylation is 1. The molecule has 2 fully saturated rings. The molecule has 2 aromatic rings. The van der Waals surface area contributed by atoms with E-state index < -0.39 is 0 Å². The van der Waals surface area contributed by atoms with E-state index in [4.69, 9.17) is 4.74 Å². The number of anilines is 2. The molecule has 1 N–H and O–H groups in total. The van der Waals surface area contributed by atoms with Crippen LogP contribution < -0.4 is 10.2 Å². The van der Waals surface area contributed by atoms with Crippen LogP contribution in [0.3, 0.4) is 0 Å². The van der Waals surface area contributed by atoms with Crippen LogP contribution in [0.4, 0.5) is 11.6 Å². The van der Waals surface area contributed by atoms with Gasteiger partial charge in [-0.3, -0.25) is 9.36 Å². The number of nitrogens with zero attached hydrogens (tertiary/aromatic N) is 4. The van der Waals surface area contributed by atoms with E-state index in [9.17, 15) is 4.79 Å². The molecule has 8 heteroatoms. The van der Waals surface area contributed by atoms with Crippen molar-refractivity contribution in [3.63, 3.8) is 0 Å². The Morgan fingerprint density at radius 1 is 1.20 bits per heavy atom. The minimum absolute atomic E-state index is 0.0381. The SMILES string of the molecule is Cc1ccc(NC(=O)CSc2nnc(N3CCC(C)CC3)n2CC2CCCO2)cc1. The summed E-state index contributed by atoms with van der Waals surface area (Å²) in [6.45, 7) is 7.92. The molecule has 1 atom stereocenters. The van der Waals surface area contributed by atoms with Gasteiger partial charge < -0.3 is 15.0 Å². The highest BCUT2D eigenvalue weighted by Gasteiger charge is 2.26. The smallest absolute Gasteiger partial charge is 0.234 e. The molecule has 3 heterocycles. The van der Waals surface area contributed by atoms with Crippen LogP contribution in [-0.4, -0.2) is 52.2 Å². The average molecular weight is 430 g/mol. The van der Waals surface area contributed by atoms with E-state index in [1.54, 1.807) is 0 Å². The van der Waals surface area contributed by atoms with Crippen LogP contribution in [0.1, 0.15) is 38.2 Å². The molecule has 0 saturated carbocycles. The zero-order chi connectivity index (χ0) is 20.9. The first kappa shape index (κ1) is 21.2. The minimum Gasteiger partial charge on any atom is -0.376 e. The summed E-state index contributed by atoms with van der Waals surface area (Å²) >= 11 is 1.44. The number of carbonyl (C=O) groups is 1. The molecule has 0 aliphatic carbocycles. The lowest BCUT2D eigenvalue weighted by atomic mass is 10.00. The summed E-state index contributed by atoms with van der Waals surface area (Å²) < 4.78 is 8.03. The van der Waals surface area contributed by atoms with Crippen LogP contribution in [0.15, 0.2) is 29.4 Å². The van der Waals surface area contributed by atoms with Crippen molar-refractivity contribution in [2.75, 3.05) is 35.7 Å². The molecule has 0 spiro atoms. The molecular weight excluding hydrogens is 398 g/mol. The predicted molar refractivity (Wildman–Crippen MR) is 120 cm³/mol. The molecule has 1 unspecified atom stereocenters. The maximum atomic E-state index is 12.4. The van der Waals surface area contributed by atoms with Gasteiger partial charge in [0.1, 0.15) is 0 Å². The third kappa shape index (κ3) is 5.35. The molecule has 2 saturated heterocycles. The second-order valence-corrected chi connectivity index (χ2v) is 9.34. The Bertz CT molecular complexity index is 840. The molecule has 4 rings (SSSR count). The molecule has 7 nitrogen and oxygen atoms in total. The van der Waals surface area contributed by atoms with Crippen LogP contribution in [0.25, 0.3) is 0 Å². The number of hydrogen-bond acceptors (Lipinski definition) is 6. The van der Waals surface area contributed by atoms with Crippen LogP contribution >= 0.6 is 11.8 Å². The van der Waals surface area contributed by atoms with Crippen molar-refractivity contribution in [1.29, 1.82) is 0 Å². The highest BCUT2D eigenvalue weighted by molar-refractivity contribution is 7.99. The van der Waals surface area contributed by atoms with E-state index in [0.717, 1.165) is 61.8 Å². The lowest BCUT2D eigenvalue weighted by Gasteiger charge is -2.31. The number of ether oxygens (including phenoxy) is 1. The first-order chi connectivity index (χ1) is 14.6. The van der Waals surface area contributed by atoms with E-state index in [1.165, 1.54) is 30.2 Å². The summed E-state index contributed by atoms with van der Waals surface area (Å²) in [4.78, 5) is 14.8. The maximum Gasteiger partial charge on any atom is 0.234 e. The van der Waals surface area contributed by atoms with Crippen molar-refractivity contribution in [1.82, 2.24) is 14.8 Å². The van der Waals surface area contributed by atoms with Crippen molar-refractivity contribution >= 4 is 29.3 Å². The van der Waals surface area contributed by atoms with Gasteiger partial charge in [0.2, 0.25) is 11.9 Å². The van der Waals surface area contributed by atoms with Gasteiger partial charge in [-0.25, -0.2) is 0 Å².